The first kappa shape index (κ1) is 38.4. The number of carboxylic acids is 1. The van der Waals surface area contributed by atoms with Gasteiger partial charge in [-0.2, -0.15) is 13.2 Å². The molecule has 1 unspecified atom stereocenters. The van der Waals surface area contributed by atoms with Crippen molar-refractivity contribution in [1.29, 1.82) is 0 Å². The zero-order chi connectivity index (χ0) is 35.1. The van der Waals surface area contributed by atoms with Crippen LogP contribution in [0.2, 0.25) is 0 Å². The number of benzene rings is 1. The van der Waals surface area contributed by atoms with E-state index in [1.165, 1.54) is 18.2 Å². The molecule has 2 atom stereocenters. The molecule has 1 heterocycles. The number of rotatable bonds is 14. The highest BCUT2D eigenvalue weighted by atomic mass is 35.5. The van der Waals surface area contributed by atoms with Crippen molar-refractivity contribution in [3.05, 3.63) is 98.0 Å². The SMILES string of the molecule is C=C(Cl)/C=C(\C=C(/F)[C@H](CC(=O)O)NC(=O)C(CC(C)C)n1cc(CCN(C)C)c(C(F)(F)F)cc1=O)c1c(C)cc(F)cc1C. The van der Waals surface area contributed by atoms with Gasteiger partial charge < -0.3 is 19.9 Å². The van der Waals surface area contributed by atoms with Gasteiger partial charge in [0.25, 0.3) is 5.56 Å². The van der Waals surface area contributed by atoms with Gasteiger partial charge in [0.1, 0.15) is 17.7 Å². The first-order valence-electron chi connectivity index (χ1n) is 14.4. The molecule has 0 radical (unpaired) electrons. The Hall–Kier alpha value is -3.77. The highest BCUT2D eigenvalue weighted by Gasteiger charge is 2.36. The maximum Gasteiger partial charge on any atom is 0.416 e. The largest absolute Gasteiger partial charge is 0.481 e. The highest BCUT2D eigenvalue weighted by molar-refractivity contribution is 6.31. The molecule has 0 bridgehead atoms. The van der Waals surface area contributed by atoms with Crippen LogP contribution in [0, 0.1) is 25.6 Å². The van der Waals surface area contributed by atoms with E-state index in [-0.39, 0.29) is 41.5 Å². The molecule has 252 valence electrons. The van der Waals surface area contributed by atoms with Crippen molar-refractivity contribution < 1.29 is 36.6 Å². The summed E-state index contributed by atoms with van der Waals surface area (Å²) in [6, 6.07) is -0.256. The number of carbonyl (C=O) groups is 2. The van der Waals surface area contributed by atoms with Crippen LogP contribution in [0.5, 0.6) is 0 Å². The van der Waals surface area contributed by atoms with Gasteiger partial charge in [-0.15, -0.1) is 0 Å². The Labute approximate surface area is 270 Å². The molecule has 2 N–H and O–H groups in total. The van der Waals surface area contributed by atoms with Crippen molar-refractivity contribution in [3.63, 3.8) is 0 Å². The second kappa shape index (κ2) is 16.2. The molecule has 2 aromatic rings. The Balaban J connectivity index is 2.65. The molecular weight excluding hydrogens is 633 g/mol. The molecule has 0 saturated heterocycles. The van der Waals surface area contributed by atoms with Crippen LogP contribution in [0.15, 0.2) is 58.8 Å². The fraction of sp³-hybridized carbons (Fsp3) is 0.424. The number of allylic oxidation sites excluding steroid dienone is 4. The molecule has 13 heteroatoms. The van der Waals surface area contributed by atoms with Gasteiger partial charge in [-0.05, 0) is 98.8 Å². The molecule has 2 rings (SSSR count). The number of aryl methyl sites for hydroxylation is 2. The summed E-state index contributed by atoms with van der Waals surface area (Å²) in [6.07, 6.45) is -2.60. The monoisotopic (exact) mass is 671 g/mol. The Kier molecular flexibility index (Phi) is 13.5. The minimum Gasteiger partial charge on any atom is -0.481 e. The summed E-state index contributed by atoms with van der Waals surface area (Å²) < 4.78 is 72.3. The number of carboxylic acid groups (broad SMARTS) is 1. The van der Waals surface area contributed by atoms with E-state index in [2.05, 4.69) is 11.9 Å². The van der Waals surface area contributed by atoms with E-state index >= 15 is 4.39 Å². The van der Waals surface area contributed by atoms with E-state index in [9.17, 15) is 37.1 Å². The number of nitrogens with zero attached hydrogens (tertiary/aromatic N) is 2. The van der Waals surface area contributed by atoms with E-state index in [1.54, 1.807) is 46.7 Å². The van der Waals surface area contributed by atoms with Crippen molar-refractivity contribution in [3.8, 4) is 0 Å². The molecule has 0 aliphatic carbocycles. The fourth-order valence-corrected chi connectivity index (χ4v) is 5.18. The molecule has 0 fully saturated rings. The van der Waals surface area contributed by atoms with E-state index < -0.39 is 59.3 Å². The van der Waals surface area contributed by atoms with Crippen LogP contribution in [0.1, 0.15) is 60.5 Å². The third-order valence-electron chi connectivity index (χ3n) is 7.05. The number of nitrogens with one attached hydrogen (secondary N) is 1. The highest BCUT2D eigenvalue weighted by Crippen LogP contribution is 2.33. The molecule has 7 nitrogen and oxygen atoms in total. The molecule has 46 heavy (non-hydrogen) atoms. The fourth-order valence-electron chi connectivity index (χ4n) is 5.07. The summed E-state index contributed by atoms with van der Waals surface area (Å²) in [5.41, 5.74) is -1.05. The zero-order valence-electron chi connectivity index (χ0n) is 26.6. The molecule has 1 aromatic carbocycles. The lowest BCUT2D eigenvalue weighted by atomic mass is 9.93. The van der Waals surface area contributed by atoms with Gasteiger partial charge in [-0.25, -0.2) is 8.78 Å². The third-order valence-corrected chi connectivity index (χ3v) is 7.16. The number of likely N-dealkylation sites (N-methyl/N-ethyl adjacent to an activating group) is 1. The van der Waals surface area contributed by atoms with Gasteiger partial charge >= 0.3 is 12.1 Å². The van der Waals surface area contributed by atoms with Crippen molar-refractivity contribution in [2.45, 2.75) is 65.2 Å². The van der Waals surface area contributed by atoms with Gasteiger partial charge in [0.15, 0.2) is 0 Å². The van der Waals surface area contributed by atoms with Crippen molar-refractivity contribution in [2.24, 2.45) is 5.92 Å². The summed E-state index contributed by atoms with van der Waals surface area (Å²) in [5, 5.41) is 11.9. The van der Waals surface area contributed by atoms with Crippen LogP contribution in [-0.2, 0) is 22.2 Å². The van der Waals surface area contributed by atoms with Gasteiger partial charge in [0.05, 0.1) is 18.0 Å². The quantitative estimate of drug-likeness (QED) is 0.167. The summed E-state index contributed by atoms with van der Waals surface area (Å²) in [4.78, 5) is 40.1. The van der Waals surface area contributed by atoms with E-state index in [4.69, 9.17) is 11.6 Å². The molecule has 0 saturated carbocycles. The number of hydrogen-bond acceptors (Lipinski definition) is 4. The smallest absolute Gasteiger partial charge is 0.416 e. The van der Waals surface area contributed by atoms with E-state index in [0.29, 0.717) is 22.8 Å². The number of amides is 1. The standard InChI is InChI=1S/C33H39ClF5N3O4/c1-18(2)10-28(42-17-22(8-9-41(6)7)25(15-29(42)43)33(37,38)39)32(46)40-27(16-30(44)45)26(36)14-23(13-21(5)34)31-19(3)11-24(35)12-20(31)4/h11-15,17-18,27-28H,5,8-10,16H2,1-4,6-7H3,(H,40,46)(H,44,45)/b23-13+,26-14-/t27-,28?/m0/s1. The summed E-state index contributed by atoms with van der Waals surface area (Å²) in [6.45, 7) is 10.4. The maximum atomic E-state index is 15.9. The van der Waals surface area contributed by atoms with Gasteiger partial charge in [0.2, 0.25) is 5.91 Å². The lowest BCUT2D eigenvalue weighted by molar-refractivity contribution is -0.139. The number of alkyl halides is 3. The van der Waals surface area contributed by atoms with Gasteiger partial charge in [-0.1, -0.05) is 32.0 Å². The Morgan fingerprint density at radius 3 is 2.20 bits per heavy atom. The molecule has 0 aliphatic rings. The first-order valence-corrected chi connectivity index (χ1v) is 14.8. The van der Waals surface area contributed by atoms with Crippen molar-refractivity contribution in [1.82, 2.24) is 14.8 Å². The van der Waals surface area contributed by atoms with Crippen LogP contribution in [0.3, 0.4) is 0 Å². The van der Waals surface area contributed by atoms with E-state index in [0.717, 1.165) is 16.8 Å². The summed E-state index contributed by atoms with van der Waals surface area (Å²) in [5.74, 6) is -4.30. The second-order valence-electron chi connectivity index (χ2n) is 11.8. The molecule has 0 spiro atoms. The lowest BCUT2D eigenvalue weighted by Gasteiger charge is -2.26. The first-order chi connectivity index (χ1) is 21.2. The number of aliphatic carboxylic acids is 1. The van der Waals surface area contributed by atoms with Crippen LogP contribution in [0.4, 0.5) is 22.0 Å². The molecular formula is C33H39ClF5N3O4. The Bertz CT molecular complexity index is 1550. The zero-order valence-corrected chi connectivity index (χ0v) is 27.3. The van der Waals surface area contributed by atoms with E-state index in [1.807, 2.05) is 0 Å². The predicted octanol–water partition coefficient (Wildman–Crippen LogP) is 6.96. The minimum absolute atomic E-state index is 0.00950. The topological polar surface area (TPSA) is 91.6 Å². The van der Waals surface area contributed by atoms with Crippen molar-refractivity contribution >= 4 is 29.1 Å². The van der Waals surface area contributed by atoms with Crippen LogP contribution < -0.4 is 10.9 Å². The number of halogens is 6. The van der Waals surface area contributed by atoms with Gasteiger partial charge in [-0.3, -0.25) is 14.4 Å². The van der Waals surface area contributed by atoms with Gasteiger partial charge in [0, 0.05) is 23.8 Å². The lowest BCUT2D eigenvalue weighted by Crippen LogP contribution is -2.44. The average molecular weight is 672 g/mol. The average Bonchev–Trinajstić information content (AvgIpc) is 2.88. The number of carbonyl (C=O) groups excluding carboxylic acids is 1. The van der Waals surface area contributed by atoms with Crippen LogP contribution in [-0.4, -0.2) is 53.1 Å². The molecule has 1 aromatic heterocycles. The third kappa shape index (κ3) is 10.9. The summed E-state index contributed by atoms with van der Waals surface area (Å²) >= 11 is 5.99. The van der Waals surface area contributed by atoms with Crippen LogP contribution in [0.25, 0.3) is 5.57 Å². The second-order valence-corrected chi connectivity index (χ2v) is 12.3. The van der Waals surface area contributed by atoms with Crippen LogP contribution >= 0.6 is 11.6 Å². The molecule has 0 aliphatic heterocycles. The normalized spacial score (nSPS) is 14.0. The predicted molar refractivity (Wildman–Crippen MR) is 169 cm³/mol. The summed E-state index contributed by atoms with van der Waals surface area (Å²) in [7, 11) is 3.34. The number of hydrogen-bond donors (Lipinski definition) is 2. The Morgan fingerprint density at radius 2 is 1.72 bits per heavy atom. The molecule has 1 amide bonds. The minimum atomic E-state index is -4.82. The number of pyridine rings is 1. The van der Waals surface area contributed by atoms with Crippen molar-refractivity contribution in [2.75, 3.05) is 20.6 Å². The Morgan fingerprint density at radius 1 is 1.13 bits per heavy atom. The maximum absolute atomic E-state index is 15.9. The number of aromatic nitrogens is 1.